The van der Waals surface area contributed by atoms with Crippen LogP contribution in [0.2, 0.25) is 0 Å². The van der Waals surface area contributed by atoms with Crippen molar-refractivity contribution in [2.24, 2.45) is 5.73 Å². The van der Waals surface area contributed by atoms with Crippen molar-refractivity contribution in [2.45, 2.75) is 32.5 Å². The number of likely N-dealkylation sites (N-methyl/N-ethyl adjacent to an activating group) is 1. The van der Waals surface area contributed by atoms with E-state index in [1.165, 1.54) is 0 Å². The first-order chi connectivity index (χ1) is 9.11. The summed E-state index contributed by atoms with van der Waals surface area (Å²) in [4.78, 5) is 10.6. The highest BCUT2D eigenvalue weighted by Crippen LogP contribution is 2.27. The maximum atomic E-state index is 5.93. The van der Waals surface area contributed by atoms with Crippen molar-refractivity contribution in [3.63, 3.8) is 0 Å². The average Bonchev–Trinajstić information content (AvgIpc) is 2.94. The summed E-state index contributed by atoms with van der Waals surface area (Å²) in [6, 6.07) is 1.07. The molecule has 0 radical (unpaired) electrons. The van der Waals surface area contributed by atoms with E-state index in [2.05, 4.69) is 46.7 Å². The van der Waals surface area contributed by atoms with Crippen molar-refractivity contribution >= 4 is 22.1 Å². The molecule has 0 bridgehead atoms. The van der Waals surface area contributed by atoms with Crippen molar-refractivity contribution < 1.29 is 0 Å². The van der Waals surface area contributed by atoms with Crippen LogP contribution in [0.4, 0.5) is 5.82 Å². The highest BCUT2D eigenvalue weighted by molar-refractivity contribution is 7.15. The summed E-state index contributed by atoms with van der Waals surface area (Å²) in [5, 5.41) is 2.06. The van der Waals surface area contributed by atoms with Crippen molar-refractivity contribution in [1.29, 1.82) is 0 Å². The van der Waals surface area contributed by atoms with E-state index in [1.807, 2.05) is 0 Å². The second-order valence-electron chi connectivity index (χ2n) is 5.41. The van der Waals surface area contributed by atoms with E-state index in [0.29, 0.717) is 18.6 Å². The Morgan fingerprint density at radius 2 is 2.05 bits per heavy atom. The fourth-order valence-electron chi connectivity index (χ4n) is 2.84. The van der Waals surface area contributed by atoms with Crippen LogP contribution >= 0.6 is 11.3 Å². The number of anilines is 1. The minimum absolute atomic E-state index is 0.530. The third-order valence-corrected chi connectivity index (χ3v) is 4.95. The molecule has 3 heterocycles. The largest absolute Gasteiger partial charge is 0.352 e. The van der Waals surface area contributed by atoms with Crippen molar-refractivity contribution in [3.8, 4) is 0 Å². The lowest BCUT2D eigenvalue weighted by Crippen LogP contribution is -2.55. The number of hydrogen-bond donors (Lipinski definition) is 1. The van der Waals surface area contributed by atoms with Crippen molar-refractivity contribution in [3.05, 3.63) is 17.3 Å². The quantitative estimate of drug-likeness (QED) is 0.902. The SMILES string of the molecule is CC1CN(c2nc3sccn3c2CN)CC(C)N1C. The lowest BCUT2D eigenvalue weighted by Gasteiger charge is -2.42. The van der Waals surface area contributed by atoms with E-state index in [-0.39, 0.29) is 0 Å². The van der Waals surface area contributed by atoms with Gasteiger partial charge < -0.3 is 10.6 Å². The van der Waals surface area contributed by atoms with Crippen molar-refractivity contribution in [1.82, 2.24) is 14.3 Å². The van der Waals surface area contributed by atoms with E-state index in [1.54, 1.807) is 11.3 Å². The lowest BCUT2D eigenvalue weighted by atomic mass is 10.1. The molecule has 0 saturated carbocycles. The second kappa shape index (κ2) is 4.77. The molecule has 5 nitrogen and oxygen atoms in total. The zero-order valence-electron chi connectivity index (χ0n) is 11.7. The summed E-state index contributed by atoms with van der Waals surface area (Å²) >= 11 is 1.66. The Hall–Kier alpha value is -1.11. The van der Waals surface area contributed by atoms with Gasteiger partial charge in [-0.25, -0.2) is 4.98 Å². The predicted molar refractivity (Wildman–Crippen MR) is 79.9 cm³/mol. The fourth-order valence-corrected chi connectivity index (χ4v) is 3.57. The van der Waals surface area contributed by atoms with Gasteiger partial charge in [-0.1, -0.05) is 0 Å². The van der Waals surface area contributed by atoms with E-state index in [9.17, 15) is 0 Å². The van der Waals surface area contributed by atoms with Crippen LogP contribution in [0.1, 0.15) is 19.5 Å². The molecule has 3 rings (SSSR count). The molecule has 2 atom stereocenters. The standard InChI is InChI=1S/C13H21N5S/c1-9-7-17(8-10(2)16(9)3)12-11(6-14)18-4-5-19-13(18)15-12/h4-5,9-10H,6-8,14H2,1-3H3. The number of fused-ring (bicyclic) bond motifs is 1. The van der Waals surface area contributed by atoms with Gasteiger partial charge in [0.2, 0.25) is 0 Å². The highest BCUT2D eigenvalue weighted by Gasteiger charge is 2.29. The zero-order valence-corrected chi connectivity index (χ0v) is 12.5. The molecular weight excluding hydrogens is 258 g/mol. The molecule has 1 saturated heterocycles. The van der Waals surface area contributed by atoms with Gasteiger partial charge >= 0.3 is 0 Å². The number of nitrogens with two attached hydrogens (primary N) is 1. The molecule has 6 heteroatoms. The van der Waals surface area contributed by atoms with Crippen LogP contribution in [0.3, 0.4) is 0 Å². The molecule has 1 aliphatic heterocycles. The van der Waals surface area contributed by atoms with E-state index >= 15 is 0 Å². The Labute approximate surface area is 117 Å². The van der Waals surface area contributed by atoms with Gasteiger partial charge in [0.15, 0.2) is 10.8 Å². The smallest absolute Gasteiger partial charge is 0.195 e. The third kappa shape index (κ3) is 2.04. The van der Waals surface area contributed by atoms with E-state index in [4.69, 9.17) is 10.7 Å². The zero-order chi connectivity index (χ0) is 13.6. The maximum Gasteiger partial charge on any atom is 0.195 e. The van der Waals surface area contributed by atoms with Crippen LogP contribution in [-0.2, 0) is 6.54 Å². The van der Waals surface area contributed by atoms with Crippen molar-refractivity contribution in [2.75, 3.05) is 25.0 Å². The van der Waals surface area contributed by atoms with Gasteiger partial charge in [0.1, 0.15) is 0 Å². The monoisotopic (exact) mass is 279 g/mol. The topological polar surface area (TPSA) is 49.8 Å². The van der Waals surface area contributed by atoms with Crippen LogP contribution < -0.4 is 10.6 Å². The summed E-state index contributed by atoms with van der Waals surface area (Å²) in [5.74, 6) is 1.07. The molecular formula is C13H21N5S. The Morgan fingerprint density at radius 1 is 1.37 bits per heavy atom. The molecule has 2 aromatic rings. The Kier molecular flexibility index (Phi) is 3.24. The van der Waals surface area contributed by atoms with Gasteiger partial charge in [-0.2, -0.15) is 0 Å². The number of rotatable bonds is 2. The van der Waals surface area contributed by atoms with Crippen LogP contribution in [0.25, 0.3) is 4.96 Å². The average molecular weight is 279 g/mol. The molecule has 19 heavy (non-hydrogen) atoms. The summed E-state index contributed by atoms with van der Waals surface area (Å²) in [5.41, 5.74) is 7.06. The molecule has 0 spiro atoms. The Bertz CT molecular complexity index is 563. The molecule has 2 unspecified atom stereocenters. The van der Waals surface area contributed by atoms with Gasteiger partial charge in [-0.3, -0.25) is 9.30 Å². The molecule has 0 aliphatic carbocycles. The van der Waals surface area contributed by atoms with Crippen LogP contribution in [0.5, 0.6) is 0 Å². The Morgan fingerprint density at radius 3 is 2.68 bits per heavy atom. The van der Waals surface area contributed by atoms with Gasteiger partial charge in [-0.15, -0.1) is 11.3 Å². The first kappa shape index (κ1) is 12.9. The molecule has 1 aliphatic rings. The summed E-state index contributed by atoms with van der Waals surface area (Å²) in [6.07, 6.45) is 2.06. The molecule has 2 aromatic heterocycles. The first-order valence-electron chi connectivity index (χ1n) is 6.73. The molecule has 0 amide bonds. The van der Waals surface area contributed by atoms with Crippen LogP contribution in [-0.4, -0.2) is 46.5 Å². The number of thiazole rings is 1. The molecule has 0 aromatic carbocycles. The third-order valence-electron chi connectivity index (χ3n) is 4.19. The second-order valence-corrected chi connectivity index (χ2v) is 6.28. The number of hydrogen-bond acceptors (Lipinski definition) is 5. The minimum atomic E-state index is 0.530. The maximum absolute atomic E-state index is 5.93. The molecule has 1 fully saturated rings. The normalized spacial score (nSPS) is 25.4. The van der Waals surface area contributed by atoms with Gasteiger partial charge in [0.05, 0.1) is 5.69 Å². The summed E-state index contributed by atoms with van der Waals surface area (Å²) in [7, 11) is 2.20. The molecule has 104 valence electrons. The minimum Gasteiger partial charge on any atom is -0.352 e. The molecule has 2 N–H and O–H groups in total. The predicted octanol–water partition coefficient (Wildman–Crippen LogP) is 1.38. The van der Waals surface area contributed by atoms with E-state index < -0.39 is 0 Å². The van der Waals surface area contributed by atoms with Crippen LogP contribution in [0, 0.1) is 0 Å². The lowest BCUT2D eigenvalue weighted by molar-refractivity contribution is 0.169. The first-order valence-corrected chi connectivity index (χ1v) is 7.61. The van der Waals surface area contributed by atoms with Crippen LogP contribution in [0.15, 0.2) is 11.6 Å². The number of piperazine rings is 1. The van der Waals surface area contributed by atoms with Gasteiger partial charge in [-0.05, 0) is 20.9 Å². The summed E-state index contributed by atoms with van der Waals surface area (Å²) < 4.78 is 2.12. The summed E-state index contributed by atoms with van der Waals surface area (Å²) in [6.45, 7) is 7.09. The highest BCUT2D eigenvalue weighted by atomic mass is 32.1. The Balaban J connectivity index is 1.97. The number of nitrogens with zero attached hydrogens (tertiary/aromatic N) is 4. The van der Waals surface area contributed by atoms with Gasteiger partial charge in [0, 0.05) is 43.3 Å². The fraction of sp³-hybridized carbons (Fsp3) is 0.615. The number of aromatic nitrogens is 2. The number of imidazole rings is 1. The van der Waals surface area contributed by atoms with Gasteiger partial charge in [0.25, 0.3) is 0 Å². The van der Waals surface area contributed by atoms with E-state index in [0.717, 1.165) is 29.6 Å².